The second-order valence-corrected chi connectivity index (χ2v) is 5.24. The Kier molecular flexibility index (Phi) is 2.56. The maximum absolute atomic E-state index is 11.6. The summed E-state index contributed by atoms with van der Waals surface area (Å²) >= 11 is 1.62. The Bertz CT molecular complexity index is 621. The van der Waals surface area contributed by atoms with Crippen molar-refractivity contribution >= 4 is 22.9 Å². The predicted molar refractivity (Wildman–Crippen MR) is 71.2 cm³/mol. The molecule has 4 nitrogen and oxygen atoms in total. The van der Waals surface area contributed by atoms with Crippen molar-refractivity contribution in [2.45, 2.75) is 6.92 Å². The summed E-state index contributed by atoms with van der Waals surface area (Å²) in [5, 5.41) is 3.05. The lowest BCUT2D eigenvalue weighted by molar-refractivity contribution is -0.120. The van der Waals surface area contributed by atoms with Gasteiger partial charge in [0.15, 0.2) is 6.61 Å². The van der Waals surface area contributed by atoms with Crippen LogP contribution in [0.25, 0.3) is 11.3 Å². The molecule has 1 aromatic heterocycles. The molecule has 1 aliphatic heterocycles. The van der Waals surface area contributed by atoms with Crippen LogP contribution in [0.5, 0.6) is 5.75 Å². The van der Waals surface area contributed by atoms with Crippen LogP contribution in [0.3, 0.4) is 0 Å². The van der Waals surface area contributed by atoms with Gasteiger partial charge in [0.25, 0.3) is 5.91 Å². The maximum Gasteiger partial charge on any atom is 0.264 e. The molecular weight excluding hydrogens is 248 g/mol. The molecule has 1 aliphatic rings. The van der Waals surface area contributed by atoms with E-state index in [1.165, 1.54) is 0 Å². The lowest BCUT2D eigenvalue weighted by atomic mass is 10.1. The number of rotatable bonds is 1. The lowest BCUT2D eigenvalue weighted by Crippen LogP contribution is -2.35. The summed E-state index contributed by atoms with van der Waals surface area (Å²) < 4.78 is 5.39. The normalized spacial score (nSPS) is 14.3. The zero-order valence-electron chi connectivity index (χ0n) is 10.1. The summed E-state index contributed by atoms with van der Waals surface area (Å²) in [5.41, 5.74) is 2.74. The first kappa shape index (κ1) is 11.2. The molecule has 0 unspecified atom stereocenters. The largest absolute Gasteiger partial charge is 0.482 e. The van der Waals surface area contributed by atoms with Crippen LogP contribution in [-0.2, 0) is 4.79 Å². The van der Waals surface area contributed by atoms with Gasteiger partial charge in [0, 0.05) is 18.0 Å². The second-order valence-electron chi connectivity index (χ2n) is 4.18. The van der Waals surface area contributed by atoms with Gasteiger partial charge in [-0.05, 0) is 25.1 Å². The Labute approximate surface area is 109 Å². The predicted octanol–water partition coefficient (Wildman–Crippen LogP) is 2.47. The van der Waals surface area contributed by atoms with Crippen LogP contribution >= 0.6 is 11.3 Å². The summed E-state index contributed by atoms with van der Waals surface area (Å²) in [6.45, 7) is 2.09. The van der Waals surface area contributed by atoms with E-state index in [1.54, 1.807) is 23.3 Å². The van der Waals surface area contributed by atoms with Crippen molar-refractivity contribution in [2.24, 2.45) is 0 Å². The first-order valence-electron chi connectivity index (χ1n) is 5.61. The number of anilines is 1. The Hall–Kier alpha value is -1.88. The van der Waals surface area contributed by atoms with E-state index in [1.807, 2.05) is 30.5 Å². The van der Waals surface area contributed by atoms with Crippen LogP contribution in [0.2, 0.25) is 0 Å². The number of aromatic nitrogens is 1. The summed E-state index contributed by atoms with van der Waals surface area (Å²) in [4.78, 5) is 17.7. The summed E-state index contributed by atoms with van der Waals surface area (Å²) in [6.07, 6.45) is 0. The number of ether oxygens (including phenoxy) is 1. The SMILES string of the molecule is Cc1nc(-c2ccc3c(c2)N(C)C(=O)CO3)cs1. The average Bonchev–Trinajstić information content (AvgIpc) is 2.80. The third-order valence-corrected chi connectivity index (χ3v) is 3.73. The van der Waals surface area contributed by atoms with Crippen LogP contribution in [0.4, 0.5) is 5.69 Å². The van der Waals surface area contributed by atoms with E-state index < -0.39 is 0 Å². The molecule has 0 saturated carbocycles. The molecule has 0 saturated heterocycles. The van der Waals surface area contributed by atoms with Gasteiger partial charge in [-0.25, -0.2) is 4.98 Å². The Balaban J connectivity index is 2.07. The maximum atomic E-state index is 11.6. The van der Waals surface area contributed by atoms with Gasteiger partial charge in [-0.2, -0.15) is 0 Å². The molecule has 2 heterocycles. The van der Waals surface area contributed by atoms with Crippen molar-refractivity contribution in [1.82, 2.24) is 4.98 Å². The van der Waals surface area contributed by atoms with Gasteiger partial charge < -0.3 is 9.64 Å². The van der Waals surface area contributed by atoms with Gasteiger partial charge in [-0.3, -0.25) is 4.79 Å². The molecule has 0 aliphatic carbocycles. The minimum Gasteiger partial charge on any atom is -0.482 e. The first-order valence-corrected chi connectivity index (χ1v) is 6.49. The number of carbonyl (C=O) groups excluding carboxylic acids is 1. The van der Waals surface area contributed by atoms with Gasteiger partial charge in [-0.1, -0.05) is 0 Å². The van der Waals surface area contributed by atoms with E-state index in [0.29, 0.717) is 0 Å². The number of hydrogen-bond donors (Lipinski definition) is 0. The third-order valence-electron chi connectivity index (χ3n) is 2.96. The molecule has 0 bridgehead atoms. The molecule has 0 radical (unpaired) electrons. The number of likely N-dealkylation sites (N-methyl/N-ethyl adjacent to an activating group) is 1. The van der Waals surface area contributed by atoms with Crippen LogP contribution in [0.1, 0.15) is 5.01 Å². The van der Waals surface area contributed by atoms with Crippen molar-refractivity contribution in [3.05, 3.63) is 28.6 Å². The number of benzene rings is 1. The van der Waals surface area contributed by atoms with Crippen LogP contribution in [0.15, 0.2) is 23.6 Å². The highest BCUT2D eigenvalue weighted by Crippen LogP contribution is 2.35. The van der Waals surface area contributed by atoms with E-state index in [4.69, 9.17) is 4.74 Å². The molecule has 1 amide bonds. The molecule has 0 N–H and O–H groups in total. The summed E-state index contributed by atoms with van der Waals surface area (Å²) in [6, 6.07) is 5.81. The number of aryl methyl sites for hydroxylation is 1. The molecule has 5 heteroatoms. The summed E-state index contributed by atoms with van der Waals surface area (Å²) in [7, 11) is 1.76. The van der Waals surface area contributed by atoms with E-state index in [0.717, 1.165) is 27.7 Å². The molecule has 1 aromatic carbocycles. The quantitative estimate of drug-likeness (QED) is 0.791. The lowest BCUT2D eigenvalue weighted by Gasteiger charge is -2.26. The number of thiazole rings is 1. The highest BCUT2D eigenvalue weighted by molar-refractivity contribution is 7.09. The number of carbonyl (C=O) groups is 1. The molecule has 92 valence electrons. The monoisotopic (exact) mass is 260 g/mol. The molecular formula is C13H12N2O2S. The zero-order valence-corrected chi connectivity index (χ0v) is 11.0. The molecule has 0 fully saturated rings. The van der Waals surface area contributed by atoms with Crippen molar-refractivity contribution in [3.63, 3.8) is 0 Å². The zero-order chi connectivity index (χ0) is 12.7. The Morgan fingerprint density at radius 3 is 3.00 bits per heavy atom. The minimum atomic E-state index is -0.0332. The number of hydrogen-bond acceptors (Lipinski definition) is 4. The van der Waals surface area contributed by atoms with E-state index in [-0.39, 0.29) is 12.5 Å². The Morgan fingerprint density at radius 2 is 2.28 bits per heavy atom. The number of fused-ring (bicyclic) bond motifs is 1. The second kappa shape index (κ2) is 4.10. The minimum absolute atomic E-state index is 0.0332. The Morgan fingerprint density at radius 1 is 1.44 bits per heavy atom. The average molecular weight is 260 g/mol. The van der Waals surface area contributed by atoms with Gasteiger partial charge >= 0.3 is 0 Å². The third kappa shape index (κ3) is 1.76. The van der Waals surface area contributed by atoms with Crippen LogP contribution in [-0.4, -0.2) is 24.5 Å². The highest BCUT2D eigenvalue weighted by Gasteiger charge is 2.22. The van der Waals surface area contributed by atoms with E-state index in [9.17, 15) is 4.79 Å². The number of amides is 1. The fourth-order valence-electron chi connectivity index (χ4n) is 1.93. The molecule has 0 atom stereocenters. The molecule has 2 aromatic rings. The highest BCUT2D eigenvalue weighted by atomic mass is 32.1. The fourth-order valence-corrected chi connectivity index (χ4v) is 2.55. The van der Waals surface area contributed by atoms with Gasteiger partial charge in [-0.15, -0.1) is 11.3 Å². The van der Waals surface area contributed by atoms with Crippen LogP contribution in [0, 0.1) is 6.92 Å². The van der Waals surface area contributed by atoms with E-state index >= 15 is 0 Å². The smallest absolute Gasteiger partial charge is 0.264 e. The van der Waals surface area contributed by atoms with Crippen LogP contribution < -0.4 is 9.64 Å². The number of nitrogens with zero attached hydrogens (tertiary/aromatic N) is 2. The molecule has 0 spiro atoms. The first-order chi connectivity index (χ1) is 8.65. The van der Waals surface area contributed by atoms with Gasteiger partial charge in [0.2, 0.25) is 0 Å². The standard InChI is InChI=1S/C13H12N2O2S/c1-8-14-10(7-18-8)9-3-4-12-11(5-9)15(2)13(16)6-17-12/h3-5,7H,6H2,1-2H3. The van der Waals surface area contributed by atoms with E-state index in [2.05, 4.69) is 4.98 Å². The fraction of sp³-hybridized carbons (Fsp3) is 0.231. The van der Waals surface area contributed by atoms with Crippen molar-refractivity contribution < 1.29 is 9.53 Å². The van der Waals surface area contributed by atoms with Crippen molar-refractivity contribution in [2.75, 3.05) is 18.6 Å². The van der Waals surface area contributed by atoms with Crippen molar-refractivity contribution in [3.8, 4) is 17.0 Å². The summed E-state index contributed by atoms with van der Waals surface area (Å²) in [5.74, 6) is 0.710. The topological polar surface area (TPSA) is 42.4 Å². The van der Waals surface area contributed by atoms with Crippen molar-refractivity contribution in [1.29, 1.82) is 0 Å². The van der Waals surface area contributed by atoms with Gasteiger partial charge in [0.1, 0.15) is 5.75 Å². The molecule has 3 rings (SSSR count). The molecule has 18 heavy (non-hydrogen) atoms. The van der Waals surface area contributed by atoms with Gasteiger partial charge in [0.05, 0.1) is 16.4 Å².